The van der Waals surface area contributed by atoms with Gasteiger partial charge in [-0.3, -0.25) is 4.79 Å². The molecule has 1 aliphatic heterocycles. The van der Waals surface area contributed by atoms with E-state index in [2.05, 4.69) is 29.8 Å². The van der Waals surface area contributed by atoms with E-state index < -0.39 is 5.97 Å². The van der Waals surface area contributed by atoms with Crippen molar-refractivity contribution in [1.29, 1.82) is 0 Å². The molecule has 1 saturated heterocycles. The van der Waals surface area contributed by atoms with Crippen molar-refractivity contribution in [3.05, 3.63) is 64.6 Å². The smallest absolute Gasteiger partial charge is 0.339 e. The first kappa shape index (κ1) is 21.5. The predicted molar refractivity (Wildman–Crippen MR) is 125 cm³/mol. The van der Waals surface area contributed by atoms with E-state index in [0.717, 1.165) is 16.5 Å². The van der Waals surface area contributed by atoms with E-state index in [1.807, 2.05) is 53.4 Å². The number of carbonyl (C=O) groups excluding carboxylic acids is 2. The number of ether oxygens (including phenoxy) is 1. The summed E-state index contributed by atoms with van der Waals surface area (Å²) in [5.41, 5.74) is 2.68. The molecular weight excluding hydrogens is 456 g/mol. The molecule has 3 aromatic rings. The van der Waals surface area contributed by atoms with Crippen molar-refractivity contribution in [3.63, 3.8) is 0 Å². The van der Waals surface area contributed by atoms with E-state index in [0.29, 0.717) is 47.1 Å². The Morgan fingerprint density at radius 2 is 1.81 bits per heavy atom. The molecule has 0 aliphatic carbocycles. The second-order valence-corrected chi connectivity index (χ2v) is 9.32. The van der Waals surface area contributed by atoms with Crippen molar-refractivity contribution in [3.8, 4) is 11.3 Å². The summed E-state index contributed by atoms with van der Waals surface area (Å²) in [5.74, 6) is 0.263. The molecule has 31 heavy (non-hydrogen) atoms. The highest BCUT2D eigenvalue weighted by atomic mass is 79.9. The number of nitrogens with zero attached hydrogens (tertiary/aromatic N) is 2. The number of para-hydroxylation sites is 1. The van der Waals surface area contributed by atoms with Gasteiger partial charge >= 0.3 is 5.97 Å². The molecule has 0 saturated carbocycles. The Hall–Kier alpha value is -2.73. The Labute approximate surface area is 190 Å². The number of pyridine rings is 1. The van der Waals surface area contributed by atoms with E-state index >= 15 is 0 Å². The number of halogens is 1. The van der Waals surface area contributed by atoms with Crippen LogP contribution in [0.5, 0.6) is 0 Å². The second-order valence-electron chi connectivity index (χ2n) is 8.40. The van der Waals surface area contributed by atoms with Crippen molar-refractivity contribution in [1.82, 2.24) is 9.88 Å². The highest BCUT2D eigenvalue weighted by molar-refractivity contribution is 9.10. The molecule has 0 spiro atoms. The van der Waals surface area contributed by atoms with E-state index in [-0.39, 0.29) is 12.5 Å². The largest absolute Gasteiger partial charge is 0.452 e. The SMILES string of the molecule is CC1CC(C)CN(C(=O)COC(=O)c2cc(-c3cccc(Br)c3)nc3ccccc23)C1. The predicted octanol–water partition coefficient (Wildman–Crippen LogP) is 5.33. The average Bonchev–Trinajstić information content (AvgIpc) is 2.75. The maximum atomic E-state index is 13.0. The Balaban J connectivity index is 1.58. The van der Waals surface area contributed by atoms with Gasteiger partial charge in [0.25, 0.3) is 5.91 Å². The molecule has 2 aromatic carbocycles. The average molecular weight is 481 g/mol. The summed E-state index contributed by atoms with van der Waals surface area (Å²) in [6.07, 6.45) is 1.12. The van der Waals surface area contributed by atoms with Crippen LogP contribution in [0.25, 0.3) is 22.2 Å². The van der Waals surface area contributed by atoms with Gasteiger partial charge in [0.1, 0.15) is 0 Å². The van der Waals surface area contributed by atoms with Gasteiger partial charge < -0.3 is 9.64 Å². The number of esters is 1. The van der Waals surface area contributed by atoms with E-state index in [1.54, 1.807) is 6.07 Å². The van der Waals surface area contributed by atoms with Crippen molar-refractivity contribution in [2.75, 3.05) is 19.7 Å². The van der Waals surface area contributed by atoms with Crippen LogP contribution in [0, 0.1) is 11.8 Å². The van der Waals surface area contributed by atoms with Crippen LogP contribution in [0.4, 0.5) is 0 Å². The number of amides is 1. The number of likely N-dealkylation sites (tertiary alicyclic amines) is 1. The van der Waals surface area contributed by atoms with Crippen LogP contribution in [0.1, 0.15) is 30.6 Å². The molecule has 5 nitrogen and oxygen atoms in total. The molecule has 4 rings (SSSR count). The molecule has 2 heterocycles. The third-order valence-electron chi connectivity index (χ3n) is 5.60. The quantitative estimate of drug-likeness (QED) is 0.473. The topological polar surface area (TPSA) is 59.5 Å². The summed E-state index contributed by atoms with van der Waals surface area (Å²) >= 11 is 3.48. The molecule has 1 fully saturated rings. The van der Waals surface area contributed by atoms with Crippen LogP contribution in [0.3, 0.4) is 0 Å². The molecule has 0 N–H and O–H groups in total. The molecule has 1 amide bonds. The van der Waals surface area contributed by atoms with E-state index in [9.17, 15) is 9.59 Å². The molecular formula is C25H25BrN2O3. The van der Waals surface area contributed by atoms with Gasteiger partial charge in [0.2, 0.25) is 0 Å². The zero-order valence-electron chi connectivity index (χ0n) is 17.7. The van der Waals surface area contributed by atoms with Gasteiger partial charge in [-0.25, -0.2) is 9.78 Å². The minimum Gasteiger partial charge on any atom is -0.452 e. The molecule has 1 aromatic heterocycles. The third-order valence-corrected chi connectivity index (χ3v) is 6.10. The number of carbonyl (C=O) groups is 2. The summed E-state index contributed by atoms with van der Waals surface area (Å²) in [6, 6.07) is 17.0. The van der Waals surface area contributed by atoms with E-state index in [4.69, 9.17) is 9.72 Å². The van der Waals surface area contributed by atoms with Crippen molar-refractivity contribution in [2.24, 2.45) is 11.8 Å². The zero-order valence-corrected chi connectivity index (χ0v) is 19.3. The number of hydrogen-bond donors (Lipinski definition) is 0. The summed E-state index contributed by atoms with van der Waals surface area (Å²) in [6.45, 7) is 5.47. The summed E-state index contributed by atoms with van der Waals surface area (Å²) in [7, 11) is 0. The minimum atomic E-state index is -0.513. The van der Waals surface area contributed by atoms with Crippen molar-refractivity contribution >= 4 is 38.7 Å². The molecule has 0 radical (unpaired) electrons. The fourth-order valence-corrected chi connectivity index (χ4v) is 4.70. The van der Waals surface area contributed by atoms with Crippen molar-refractivity contribution in [2.45, 2.75) is 20.3 Å². The molecule has 6 heteroatoms. The normalized spacial score (nSPS) is 18.7. The van der Waals surface area contributed by atoms with Crippen LogP contribution in [-0.2, 0) is 9.53 Å². The lowest BCUT2D eigenvalue weighted by Crippen LogP contribution is -2.44. The first-order chi connectivity index (χ1) is 14.9. The first-order valence-electron chi connectivity index (χ1n) is 10.5. The van der Waals surface area contributed by atoms with Crippen molar-refractivity contribution < 1.29 is 14.3 Å². The minimum absolute atomic E-state index is 0.141. The van der Waals surface area contributed by atoms with Gasteiger partial charge in [-0.15, -0.1) is 0 Å². The van der Waals surface area contributed by atoms with Crippen LogP contribution >= 0.6 is 15.9 Å². The van der Waals surface area contributed by atoms with Gasteiger partial charge in [0.15, 0.2) is 6.61 Å². The van der Waals surface area contributed by atoms with Gasteiger partial charge in [-0.1, -0.05) is 60.1 Å². The number of piperidine rings is 1. The first-order valence-corrected chi connectivity index (χ1v) is 11.3. The molecule has 2 atom stereocenters. The fraction of sp³-hybridized carbons (Fsp3) is 0.320. The molecule has 1 aliphatic rings. The van der Waals surface area contributed by atoms with Crippen LogP contribution in [0.15, 0.2) is 59.1 Å². The lowest BCUT2D eigenvalue weighted by atomic mass is 9.92. The Kier molecular flexibility index (Phi) is 6.37. The number of aromatic nitrogens is 1. The van der Waals surface area contributed by atoms with Crippen LogP contribution in [0.2, 0.25) is 0 Å². The number of fused-ring (bicyclic) bond motifs is 1. The van der Waals surface area contributed by atoms with Gasteiger partial charge in [-0.2, -0.15) is 0 Å². The summed E-state index contributed by atoms with van der Waals surface area (Å²) in [5, 5.41) is 0.707. The molecule has 160 valence electrons. The zero-order chi connectivity index (χ0) is 22.0. The molecule has 2 unspecified atom stereocenters. The molecule has 0 bridgehead atoms. The highest BCUT2D eigenvalue weighted by Gasteiger charge is 2.26. The Morgan fingerprint density at radius 1 is 1.06 bits per heavy atom. The second kappa shape index (κ2) is 9.18. The maximum Gasteiger partial charge on any atom is 0.339 e. The number of hydrogen-bond acceptors (Lipinski definition) is 4. The lowest BCUT2D eigenvalue weighted by molar-refractivity contribution is -0.137. The Bertz CT molecular complexity index is 1120. The van der Waals surface area contributed by atoms with Gasteiger partial charge in [0.05, 0.1) is 16.8 Å². The summed E-state index contributed by atoms with van der Waals surface area (Å²) in [4.78, 5) is 32.2. The maximum absolute atomic E-state index is 13.0. The standard InChI is InChI=1S/C25H25BrN2O3/c1-16-10-17(2)14-28(13-16)24(29)15-31-25(30)21-12-23(18-6-5-7-19(26)11-18)27-22-9-4-3-8-20(21)22/h3-9,11-12,16-17H,10,13-15H2,1-2H3. The monoisotopic (exact) mass is 480 g/mol. The Morgan fingerprint density at radius 3 is 2.55 bits per heavy atom. The number of benzene rings is 2. The fourth-order valence-electron chi connectivity index (χ4n) is 4.30. The highest BCUT2D eigenvalue weighted by Crippen LogP contribution is 2.27. The van der Waals surface area contributed by atoms with E-state index in [1.165, 1.54) is 0 Å². The van der Waals surface area contributed by atoms with Crippen LogP contribution < -0.4 is 0 Å². The number of rotatable bonds is 4. The van der Waals surface area contributed by atoms with Crippen LogP contribution in [-0.4, -0.2) is 41.5 Å². The lowest BCUT2D eigenvalue weighted by Gasteiger charge is -2.34. The van der Waals surface area contributed by atoms with Gasteiger partial charge in [-0.05, 0) is 42.5 Å². The third kappa shape index (κ3) is 4.96. The summed E-state index contributed by atoms with van der Waals surface area (Å²) < 4.78 is 6.40. The van der Waals surface area contributed by atoms with Gasteiger partial charge in [0, 0.05) is 28.5 Å².